The smallest absolute Gasteiger partial charge is 0.407 e. The van der Waals surface area contributed by atoms with Gasteiger partial charge in [0.2, 0.25) is 11.8 Å². The first-order chi connectivity index (χ1) is 16.6. The van der Waals surface area contributed by atoms with Crippen LogP contribution in [0.5, 0.6) is 11.6 Å². The number of hydrogen-bond acceptors (Lipinski definition) is 6. The Morgan fingerprint density at radius 3 is 2.54 bits per heavy atom. The predicted molar refractivity (Wildman–Crippen MR) is 137 cm³/mol. The lowest BCUT2D eigenvalue weighted by Gasteiger charge is -2.19. The molecule has 0 spiro atoms. The summed E-state index contributed by atoms with van der Waals surface area (Å²) >= 11 is 6.29. The van der Waals surface area contributed by atoms with E-state index in [2.05, 4.69) is 27.5 Å². The highest BCUT2D eigenvalue weighted by Gasteiger charge is 2.15. The van der Waals surface area contributed by atoms with Crippen molar-refractivity contribution in [3.05, 3.63) is 83.9 Å². The summed E-state index contributed by atoms with van der Waals surface area (Å²) in [6.45, 7) is 9.18. The molecule has 0 aliphatic rings. The summed E-state index contributed by atoms with van der Waals surface area (Å²) in [6.07, 6.45) is 0.703. The zero-order valence-corrected chi connectivity index (χ0v) is 20.5. The SMILES string of the molecule is C=CC(=O)Nc1cccc(Oc2nc(Nc3cccc(CNC(=O)OC(C)(C)C)c3)ccc2Cl)c1. The molecule has 3 rings (SSSR count). The van der Waals surface area contributed by atoms with Crippen molar-refractivity contribution in [2.24, 2.45) is 0 Å². The number of amides is 2. The molecular weight excluding hydrogens is 468 g/mol. The molecule has 0 saturated carbocycles. The number of aromatic nitrogens is 1. The topological polar surface area (TPSA) is 102 Å². The van der Waals surface area contributed by atoms with Crippen molar-refractivity contribution in [1.82, 2.24) is 10.3 Å². The lowest BCUT2D eigenvalue weighted by Crippen LogP contribution is -2.32. The number of nitrogens with one attached hydrogen (secondary N) is 3. The first kappa shape index (κ1) is 25.6. The molecule has 0 fully saturated rings. The van der Waals surface area contributed by atoms with Gasteiger partial charge in [-0.1, -0.05) is 36.4 Å². The number of hydrogen-bond donors (Lipinski definition) is 3. The van der Waals surface area contributed by atoms with E-state index in [1.54, 1.807) is 36.4 Å². The molecule has 3 N–H and O–H groups in total. The number of nitrogens with zero attached hydrogens (tertiary/aromatic N) is 1. The molecule has 9 heteroatoms. The Morgan fingerprint density at radius 2 is 1.80 bits per heavy atom. The Morgan fingerprint density at radius 1 is 1.06 bits per heavy atom. The standard InChI is InChI=1S/C26H27ClN4O4/c1-5-23(32)30-19-10-7-11-20(15-19)34-24-21(27)12-13-22(31-24)29-18-9-6-8-17(14-18)16-28-25(33)35-26(2,3)4/h5-15H,1,16H2,2-4H3,(H,28,33)(H,29,31)(H,30,32). The van der Waals surface area contributed by atoms with Crippen molar-refractivity contribution in [2.75, 3.05) is 10.6 Å². The van der Waals surface area contributed by atoms with Crippen molar-refractivity contribution >= 4 is 40.8 Å². The summed E-state index contributed by atoms with van der Waals surface area (Å²) in [6, 6.07) is 17.8. The molecule has 0 saturated heterocycles. The fourth-order valence-electron chi connectivity index (χ4n) is 2.90. The maximum absolute atomic E-state index is 11.9. The number of anilines is 3. The van der Waals surface area contributed by atoms with Gasteiger partial charge in [-0.3, -0.25) is 4.79 Å². The molecule has 0 aliphatic carbocycles. The summed E-state index contributed by atoms with van der Waals surface area (Å²) in [5.74, 6) is 0.839. The van der Waals surface area contributed by atoms with Crippen LogP contribution in [0, 0.1) is 0 Å². The van der Waals surface area contributed by atoms with Gasteiger partial charge in [0.05, 0.1) is 0 Å². The molecule has 0 aliphatic heterocycles. The van der Waals surface area contributed by atoms with E-state index in [0.29, 0.717) is 28.8 Å². The second-order valence-corrected chi connectivity index (χ2v) is 8.89. The third-order valence-corrected chi connectivity index (χ3v) is 4.64. The number of alkyl carbamates (subject to hydrolysis) is 1. The Bertz CT molecular complexity index is 1220. The number of pyridine rings is 1. The molecule has 0 atom stereocenters. The largest absolute Gasteiger partial charge is 0.444 e. The van der Waals surface area contributed by atoms with Crippen molar-refractivity contribution in [3.63, 3.8) is 0 Å². The van der Waals surface area contributed by atoms with Crippen LogP contribution in [0.15, 0.2) is 73.3 Å². The van der Waals surface area contributed by atoms with E-state index >= 15 is 0 Å². The first-order valence-corrected chi connectivity index (χ1v) is 11.2. The molecule has 182 valence electrons. The quantitative estimate of drug-likeness (QED) is 0.312. The number of ether oxygens (including phenoxy) is 2. The van der Waals surface area contributed by atoms with Gasteiger partial charge in [0, 0.05) is 24.0 Å². The molecule has 3 aromatic rings. The number of carbonyl (C=O) groups is 2. The monoisotopic (exact) mass is 494 g/mol. The second-order valence-electron chi connectivity index (χ2n) is 8.49. The van der Waals surface area contributed by atoms with Crippen LogP contribution in [0.25, 0.3) is 0 Å². The molecule has 8 nitrogen and oxygen atoms in total. The third-order valence-electron chi connectivity index (χ3n) is 4.35. The maximum atomic E-state index is 11.9. The number of carbonyl (C=O) groups excluding carboxylic acids is 2. The molecule has 0 unspecified atom stereocenters. The Kier molecular flexibility index (Phi) is 8.33. The van der Waals surface area contributed by atoms with Crippen molar-refractivity contribution in [3.8, 4) is 11.6 Å². The van der Waals surface area contributed by atoms with E-state index in [1.165, 1.54) is 6.08 Å². The van der Waals surface area contributed by atoms with Gasteiger partial charge in [0.25, 0.3) is 0 Å². The molecule has 2 amide bonds. The van der Waals surface area contributed by atoms with Crippen molar-refractivity contribution < 1.29 is 19.1 Å². The Balaban J connectivity index is 1.68. The van der Waals surface area contributed by atoms with Gasteiger partial charge in [-0.05, 0) is 68.8 Å². The van der Waals surface area contributed by atoms with Gasteiger partial charge in [0.1, 0.15) is 22.2 Å². The summed E-state index contributed by atoms with van der Waals surface area (Å²) < 4.78 is 11.1. The second kappa shape index (κ2) is 11.4. The first-order valence-electron chi connectivity index (χ1n) is 10.8. The minimum absolute atomic E-state index is 0.201. The van der Waals surface area contributed by atoms with Gasteiger partial charge in [-0.2, -0.15) is 4.98 Å². The minimum atomic E-state index is -0.561. The summed E-state index contributed by atoms with van der Waals surface area (Å²) in [4.78, 5) is 27.9. The van der Waals surface area contributed by atoms with Crippen molar-refractivity contribution in [2.45, 2.75) is 32.9 Å². The van der Waals surface area contributed by atoms with Gasteiger partial charge < -0.3 is 25.4 Å². The number of benzene rings is 2. The molecule has 2 aromatic carbocycles. The maximum Gasteiger partial charge on any atom is 0.407 e. The van der Waals surface area contributed by atoms with Gasteiger partial charge in [-0.25, -0.2) is 4.79 Å². The van der Waals surface area contributed by atoms with Crippen LogP contribution in [0.3, 0.4) is 0 Å². The molecule has 1 heterocycles. The zero-order chi connectivity index (χ0) is 25.4. The predicted octanol–water partition coefficient (Wildman–Crippen LogP) is 6.42. The summed E-state index contributed by atoms with van der Waals surface area (Å²) in [5, 5.41) is 8.94. The van der Waals surface area contributed by atoms with E-state index in [-0.39, 0.29) is 11.8 Å². The van der Waals surface area contributed by atoms with Crippen molar-refractivity contribution in [1.29, 1.82) is 0 Å². The highest BCUT2D eigenvalue weighted by molar-refractivity contribution is 6.31. The molecule has 1 aromatic heterocycles. The van der Waals surface area contributed by atoms with E-state index in [1.807, 2.05) is 45.0 Å². The van der Waals surface area contributed by atoms with Crippen LogP contribution in [0.2, 0.25) is 5.02 Å². The fraction of sp³-hybridized carbons (Fsp3) is 0.192. The molecular formula is C26H27ClN4O4. The average Bonchev–Trinajstić information content (AvgIpc) is 2.79. The lowest BCUT2D eigenvalue weighted by atomic mass is 10.2. The highest BCUT2D eigenvalue weighted by atomic mass is 35.5. The van der Waals surface area contributed by atoms with E-state index in [0.717, 1.165) is 11.3 Å². The Labute approximate surface area is 209 Å². The van der Waals surface area contributed by atoms with Gasteiger partial charge >= 0.3 is 6.09 Å². The number of rotatable bonds is 8. The number of halogens is 1. The lowest BCUT2D eigenvalue weighted by molar-refractivity contribution is -0.111. The summed E-state index contributed by atoms with van der Waals surface area (Å²) in [7, 11) is 0. The van der Waals surface area contributed by atoms with Gasteiger partial charge in [-0.15, -0.1) is 0 Å². The molecule has 0 bridgehead atoms. The molecule has 0 radical (unpaired) electrons. The van der Waals surface area contributed by atoms with Crippen LogP contribution >= 0.6 is 11.6 Å². The van der Waals surface area contributed by atoms with Crippen LogP contribution < -0.4 is 20.7 Å². The fourth-order valence-corrected chi connectivity index (χ4v) is 3.05. The Hall–Kier alpha value is -4.04. The van der Waals surface area contributed by atoms with Crippen LogP contribution in [0.1, 0.15) is 26.3 Å². The minimum Gasteiger partial charge on any atom is -0.444 e. The van der Waals surface area contributed by atoms with E-state index in [9.17, 15) is 9.59 Å². The average molecular weight is 495 g/mol. The normalized spacial score (nSPS) is 10.7. The third kappa shape index (κ3) is 8.35. The molecule has 35 heavy (non-hydrogen) atoms. The van der Waals surface area contributed by atoms with E-state index in [4.69, 9.17) is 21.1 Å². The van der Waals surface area contributed by atoms with Crippen LogP contribution in [-0.2, 0) is 16.1 Å². The highest BCUT2D eigenvalue weighted by Crippen LogP contribution is 2.31. The summed E-state index contributed by atoms with van der Waals surface area (Å²) in [5.41, 5.74) is 1.64. The van der Waals surface area contributed by atoms with Gasteiger partial charge in [0.15, 0.2) is 0 Å². The van der Waals surface area contributed by atoms with E-state index < -0.39 is 11.7 Å². The van der Waals surface area contributed by atoms with Crippen LogP contribution in [-0.4, -0.2) is 22.6 Å². The zero-order valence-electron chi connectivity index (χ0n) is 19.7. The van der Waals surface area contributed by atoms with Crippen LogP contribution in [0.4, 0.5) is 22.0 Å².